The molecule has 2 saturated heterocycles. The van der Waals surface area contributed by atoms with Gasteiger partial charge in [0, 0.05) is 30.3 Å². The Kier molecular flexibility index (Phi) is 6.19. The van der Waals surface area contributed by atoms with Crippen LogP contribution in [0, 0.1) is 17.0 Å². The predicted octanol–water partition coefficient (Wildman–Crippen LogP) is 5.70. The number of nitrogens with zero attached hydrogens (tertiary/aromatic N) is 2. The van der Waals surface area contributed by atoms with Gasteiger partial charge >= 0.3 is 6.03 Å². The predicted molar refractivity (Wildman–Crippen MR) is 130 cm³/mol. The molecule has 3 aromatic carbocycles. The van der Waals surface area contributed by atoms with Gasteiger partial charge < -0.3 is 15.1 Å². The van der Waals surface area contributed by atoms with Crippen LogP contribution in [0.25, 0.3) is 0 Å². The molecule has 0 aromatic heterocycles. The van der Waals surface area contributed by atoms with Gasteiger partial charge in [0.15, 0.2) is 0 Å². The number of benzene rings is 3. The van der Waals surface area contributed by atoms with Crippen LogP contribution in [-0.4, -0.2) is 29.9 Å². The van der Waals surface area contributed by atoms with Gasteiger partial charge in [0.25, 0.3) is 0 Å². The number of anilines is 1. The molecule has 2 aliphatic heterocycles. The van der Waals surface area contributed by atoms with Crippen LogP contribution >= 0.6 is 11.6 Å². The molecule has 8 heteroatoms. The summed E-state index contributed by atoms with van der Waals surface area (Å²) in [5, 5.41) is 3.46. The van der Waals surface area contributed by atoms with Gasteiger partial charge in [-0.2, -0.15) is 0 Å². The fourth-order valence-corrected chi connectivity index (χ4v) is 5.27. The zero-order valence-corrected chi connectivity index (χ0v) is 19.6. The highest BCUT2D eigenvalue weighted by molar-refractivity contribution is 6.30. The number of hydrogen-bond acceptors (Lipinski definition) is 2. The van der Waals surface area contributed by atoms with Crippen molar-refractivity contribution in [2.24, 2.45) is 5.41 Å². The van der Waals surface area contributed by atoms with E-state index >= 15 is 0 Å². The molecule has 2 fully saturated rings. The maximum atomic E-state index is 14.0. The number of amides is 3. The van der Waals surface area contributed by atoms with Crippen LogP contribution in [0.3, 0.4) is 0 Å². The molecular weight excluding hydrogens is 472 g/mol. The molecule has 0 bridgehead atoms. The normalized spacial score (nSPS) is 18.9. The highest BCUT2D eigenvalue weighted by Crippen LogP contribution is 2.57. The SMILES string of the molecule is O=C(NCc1ccc(F)cc1)N1CCC2(CC1)C(=O)N(c1cccc(F)c1)C2c1ccc(Cl)cc1. The maximum Gasteiger partial charge on any atom is 0.317 e. The van der Waals surface area contributed by atoms with Gasteiger partial charge in [-0.1, -0.05) is 41.9 Å². The van der Waals surface area contributed by atoms with Crippen molar-refractivity contribution in [3.63, 3.8) is 0 Å². The van der Waals surface area contributed by atoms with Crippen molar-refractivity contribution >= 4 is 29.2 Å². The molecule has 2 aliphatic rings. The van der Waals surface area contributed by atoms with Crippen molar-refractivity contribution in [2.75, 3.05) is 18.0 Å². The first-order valence-corrected chi connectivity index (χ1v) is 11.9. The Morgan fingerprint density at radius 1 is 0.971 bits per heavy atom. The summed E-state index contributed by atoms with van der Waals surface area (Å²) >= 11 is 6.09. The van der Waals surface area contributed by atoms with Crippen molar-refractivity contribution < 1.29 is 18.4 Å². The van der Waals surface area contributed by atoms with Gasteiger partial charge in [0.05, 0.1) is 11.5 Å². The Balaban J connectivity index is 1.32. The second-order valence-corrected chi connectivity index (χ2v) is 9.47. The van der Waals surface area contributed by atoms with E-state index in [1.54, 1.807) is 46.2 Å². The highest BCUT2D eigenvalue weighted by Gasteiger charge is 2.62. The molecule has 0 aliphatic carbocycles. The van der Waals surface area contributed by atoms with E-state index in [2.05, 4.69) is 5.32 Å². The van der Waals surface area contributed by atoms with E-state index in [0.29, 0.717) is 43.2 Å². The third kappa shape index (κ3) is 4.36. The van der Waals surface area contributed by atoms with Crippen molar-refractivity contribution in [1.82, 2.24) is 10.2 Å². The zero-order valence-electron chi connectivity index (χ0n) is 18.9. The van der Waals surface area contributed by atoms with Crippen molar-refractivity contribution in [1.29, 1.82) is 0 Å². The number of carbonyl (C=O) groups excluding carboxylic acids is 2. The number of nitrogens with one attached hydrogen (secondary N) is 1. The van der Waals surface area contributed by atoms with Crippen LogP contribution in [-0.2, 0) is 11.3 Å². The number of urea groups is 1. The molecule has 1 spiro atoms. The van der Waals surface area contributed by atoms with Crippen LogP contribution in [0.5, 0.6) is 0 Å². The zero-order chi connectivity index (χ0) is 24.6. The van der Waals surface area contributed by atoms with E-state index in [-0.39, 0.29) is 23.8 Å². The lowest BCUT2D eigenvalue weighted by molar-refractivity contribution is -0.144. The van der Waals surface area contributed by atoms with Crippen molar-refractivity contribution in [3.05, 3.63) is 101 Å². The minimum absolute atomic E-state index is 0.0607. The Bertz CT molecular complexity index is 1240. The standard InChI is InChI=1S/C27H24ClF2N3O2/c28-20-8-6-19(7-9-20)24-27(25(34)33(24)23-3-1-2-22(30)16-23)12-14-32(15-13-27)26(35)31-17-18-4-10-21(29)11-5-18/h1-11,16,24H,12-15,17H2,(H,31,35). The number of halogens is 3. The number of likely N-dealkylation sites (tertiary alicyclic amines) is 1. The summed E-state index contributed by atoms with van der Waals surface area (Å²) in [5.74, 6) is -0.790. The monoisotopic (exact) mass is 495 g/mol. The molecule has 0 radical (unpaired) electrons. The first kappa shape index (κ1) is 23.3. The summed E-state index contributed by atoms with van der Waals surface area (Å²) in [6.45, 7) is 1.13. The van der Waals surface area contributed by atoms with Crippen LogP contribution < -0.4 is 10.2 Å². The van der Waals surface area contributed by atoms with Crippen LogP contribution in [0.2, 0.25) is 5.02 Å². The number of carbonyl (C=O) groups is 2. The summed E-state index contributed by atoms with van der Waals surface area (Å²) in [6, 6.07) is 18.9. The second kappa shape index (κ2) is 9.30. The van der Waals surface area contributed by atoms with Gasteiger partial charge in [-0.25, -0.2) is 13.6 Å². The molecule has 180 valence electrons. The van der Waals surface area contributed by atoms with Crippen LogP contribution in [0.15, 0.2) is 72.8 Å². The molecule has 5 nitrogen and oxygen atoms in total. The van der Waals surface area contributed by atoms with Crippen LogP contribution in [0.4, 0.5) is 19.3 Å². The highest BCUT2D eigenvalue weighted by atomic mass is 35.5. The van der Waals surface area contributed by atoms with Gasteiger partial charge in [-0.15, -0.1) is 0 Å². The molecule has 0 saturated carbocycles. The molecule has 3 amide bonds. The Labute approximate surface area is 207 Å². The van der Waals surface area contributed by atoms with Gasteiger partial charge in [-0.3, -0.25) is 4.79 Å². The van der Waals surface area contributed by atoms with Gasteiger partial charge in [-0.05, 0) is 66.4 Å². The lowest BCUT2D eigenvalue weighted by Crippen LogP contribution is -2.67. The first-order valence-electron chi connectivity index (χ1n) is 11.5. The van der Waals surface area contributed by atoms with E-state index in [9.17, 15) is 18.4 Å². The fourth-order valence-electron chi connectivity index (χ4n) is 5.15. The van der Waals surface area contributed by atoms with Crippen LogP contribution in [0.1, 0.15) is 30.0 Å². The first-order chi connectivity index (χ1) is 16.9. The molecular formula is C27H24ClF2N3O2. The molecule has 1 atom stereocenters. The molecule has 1 N–H and O–H groups in total. The average molecular weight is 496 g/mol. The number of β-lactam (4-membered cyclic amide) rings is 1. The lowest BCUT2D eigenvalue weighted by Gasteiger charge is -2.59. The average Bonchev–Trinajstić information content (AvgIpc) is 2.87. The summed E-state index contributed by atoms with van der Waals surface area (Å²) in [5.41, 5.74) is 1.57. The summed E-state index contributed by atoms with van der Waals surface area (Å²) < 4.78 is 27.1. The molecule has 2 heterocycles. The molecule has 1 unspecified atom stereocenters. The second-order valence-electron chi connectivity index (χ2n) is 9.04. The minimum Gasteiger partial charge on any atom is -0.334 e. The molecule has 3 aromatic rings. The summed E-state index contributed by atoms with van der Waals surface area (Å²) in [4.78, 5) is 29.6. The van der Waals surface area contributed by atoms with E-state index < -0.39 is 11.2 Å². The molecule has 5 rings (SSSR count). The topological polar surface area (TPSA) is 52.7 Å². The van der Waals surface area contributed by atoms with Gasteiger partial charge in [0.2, 0.25) is 5.91 Å². The maximum absolute atomic E-state index is 14.0. The lowest BCUT2D eigenvalue weighted by atomic mass is 9.62. The Hall–Kier alpha value is -3.45. The largest absolute Gasteiger partial charge is 0.334 e. The fraction of sp³-hybridized carbons (Fsp3) is 0.259. The third-order valence-electron chi connectivity index (χ3n) is 7.00. The van der Waals surface area contributed by atoms with Crippen molar-refractivity contribution in [3.8, 4) is 0 Å². The third-order valence-corrected chi connectivity index (χ3v) is 7.25. The van der Waals surface area contributed by atoms with Gasteiger partial charge in [0.1, 0.15) is 11.6 Å². The van der Waals surface area contributed by atoms with Crippen molar-refractivity contribution in [2.45, 2.75) is 25.4 Å². The summed E-state index contributed by atoms with van der Waals surface area (Å²) in [7, 11) is 0. The van der Waals surface area contributed by atoms with E-state index in [1.807, 2.05) is 12.1 Å². The quantitative estimate of drug-likeness (QED) is 0.472. The number of piperidine rings is 1. The summed E-state index contributed by atoms with van der Waals surface area (Å²) in [6.07, 6.45) is 0.990. The Morgan fingerprint density at radius 3 is 2.31 bits per heavy atom. The van der Waals surface area contributed by atoms with E-state index in [4.69, 9.17) is 11.6 Å². The molecule has 35 heavy (non-hydrogen) atoms. The van der Waals surface area contributed by atoms with E-state index in [1.165, 1.54) is 24.3 Å². The smallest absolute Gasteiger partial charge is 0.317 e. The Morgan fingerprint density at radius 2 is 1.66 bits per heavy atom. The van der Waals surface area contributed by atoms with E-state index in [0.717, 1.165) is 11.1 Å². The minimum atomic E-state index is -0.673. The number of hydrogen-bond donors (Lipinski definition) is 1. The number of rotatable bonds is 4.